The molecule has 9 nitrogen and oxygen atoms in total. The number of aromatic nitrogens is 2. The number of aryl methyl sites for hydroxylation is 1. The lowest BCUT2D eigenvalue weighted by atomic mass is 10.1. The second-order valence-corrected chi connectivity index (χ2v) is 8.08. The largest absolute Gasteiger partial charge is 0.489 e. The van der Waals surface area contributed by atoms with E-state index in [9.17, 15) is 5.26 Å². The third-order valence-electron chi connectivity index (χ3n) is 5.32. The average Bonchev–Trinajstić information content (AvgIpc) is 3.31. The molecule has 1 aromatic carbocycles. The predicted molar refractivity (Wildman–Crippen MR) is 142 cm³/mol. The van der Waals surface area contributed by atoms with Crippen LogP contribution in [0.4, 0.5) is 0 Å². The summed E-state index contributed by atoms with van der Waals surface area (Å²) in [6, 6.07) is 7.48. The van der Waals surface area contributed by atoms with Crippen molar-refractivity contribution in [3.05, 3.63) is 96.3 Å². The van der Waals surface area contributed by atoms with Gasteiger partial charge in [-0.15, -0.1) is 0 Å². The molecule has 0 amide bonds. The van der Waals surface area contributed by atoms with E-state index in [0.717, 1.165) is 18.4 Å². The minimum absolute atomic E-state index is 0.0461. The number of aliphatic imine (C=N–C) groups is 1. The van der Waals surface area contributed by atoms with Gasteiger partial charge in [-0.05, 0) is 42.0 Å². The zero-order valence-corrected chi connectivity index (χ0v) is 20.4. The summed E-state index contributed by atoms with van der Waals surface area (Å²) in [5.74, 6) is 0.924. The maximum atomic E-state index is 9.58. The Hall–Kier alpha value is -4.55. The Balaban J connectivity index is 1.64. The molecule has 1 fully saturated rings. The van der Waals surface area contributed by atoms with Crippen LogP contribution in [0.25, 0.3) is 11.4 Å². The fourth-order valence-electron chi connectivity index (χ4n) is 3.45. The number of nitrogens with two attached hydrogens (primary N) is 2. The highest BCUT2D eigenvalue weighted by atomic mass is 16.5. The number of nitriles is 1. The maximum Gasteiger partial charge on any atom is 0.137 e. The lowest BCUT2D eigenvalue weighted by molar-refractivity contribution is 0.0254. The lowest BCUT2D eigenvalue weighted by Crippen LogP contribution is -2.26. The van der Waals surface area contributed by atoms with Gasteiger partial charge in [0.2, 0.25) is 0 Å². The number of hydrogen-bond acceptors (Lipinski definition) is 8. The quantitative estimate of drug-likeness (QED) is 0.347. The summed E-state index contributed by atoms with van der Waals surface area (Å²) < 4.78 is 13.0. The van der Waals surface area contributed by atoms with Gasteiger partial charge in [0.05, 0.1) is 25.0 Å². The van der Waals surface area contributed by atoms with E-state index in [4.69, 9.17) is 20.9 Å². The van der Waals surface area contributed by atoms with Crippen molar-refractivity contribution >= 4 is 17.6 Å². The smallest absolute Gasteiger partial charge is 0.137 e. The summed E-state index contributed by atoms with van der Waals surface area (Å²) in [5, 5.41) is 16.8. The topological polar surface area (TPSA) is 136 Å². The van der Waals surface area contributed by atoms with Crippen molar-refractivity contribution in [1.29, 1.82) is 5.26 Å². The average molecular weight is 486 g/mol. The van der Waals surface area contributed by atoms with Crippen LogP contribution in [-0.2, 0) is 11.8 Å². The second kappa shape index (κ2) is 12.8. The summed E-state index contributed by atoms with van der Waals surface area (Å²) in [6.45, 7) is 8.98. The van der Waals surface area contributed by atoms with Gasteiger partial charge in [0.1, 0.15) is 23.7 Å². The van der Waals surface area contributed by atoms with Gasteiger partial charge in [0, 0.05) is 55.0 Å². The van der Waals surface area contributed by atoms with Crippen LogP contribution < -0.4 is 21.5 Å². The minimum Gasteiger partial charge on any atom is -0.489 e. The molecular formula is C27H31N7O2. The van der Waals surface area contributed by atoms with E-state index < -0.39 is 0 Å². The standard InChI is InChI=1S/C27H31N7O2/c1-4-5-23(15-26(30)22-17-32-34(3)18-22)33-19(2)31-11-8-25(29)20-6-7-27(21(14-20)16-28)36-24-9-12-35-13-10-24/h4-8,11,14-15,17-18,24,33H,1-2,9-10,12-13,29-30H2,3H3/b23-5+,25-8-,26-15-,31-11-. The van der Waals surface area contributed by atoms with E-state index in [1.165, 1.54) is 6.21 Å². The maximum absolute atomic E-state index is 9.58. The summed E-state index contributed by atoms with van der Waals surface area (Å²) >= 11 is 0. The fraction of sp³-hybridized carbons (Fsp3) is 0.222. The van der Waals surface area contributed by atoms with Gasteiger partial charge in [-0.2, -0.15) is 10.4 Å². The normalized spacial score (nSPS) is 15.5. The number of benzene rings is 1. The highest BCUT2D eigenvalue weighted by Gasteiger charge is 2.17. The molecular weight excluding hydrogens is 454 g/mol. The van der Waals surface area contributed by atoms with Crippen LogP contribution >= 0.6 is 0 Å². The van der Waals surface area contributed by atoms with Gasteiger partial charge in [-0.1, -0.05) is 19.2 Å². The van der Waals surface area contributed by atoms with Crippen LogP contribution in [0.1, 0.15) is 29.5 Å². The first-order valence-electron chi connectivity index (χ1n) is 11.4. The highest BCUT2D eigenvalue weighted by molar-refractivity contribution is 5.84. The molecule has 0 spiro atoms. The molecule has 0 bridgehead atoms. The Bertz CT molecular complexity index is 1260. The number of rotatable bonds is 10. The van der Waals surface area contributed by atoms with Gasteiger partial charge < -0.3 is 26.3 Å². The van der Waals surface area contributed by atoms with E-state index in [2.05, 4.69) is 34.6 Å². The molecule has 0 saturated carbocycles. The van der Waals surface area contributed by atoms with Crippen molar-refractivity contribution in [3.8, 4) is 11.8 Å². The number of hydrogen-bond donors (Lipinski definition) is 3. The number of ether oxygens (including phenoxy) is 2. The molecule has 1 aliphatic rings. The Labute approximate surface area is 211 Å². The third kappa shape index (κ3) is 7.48. The molecule has 2 heterocycles. The Kier molecular flexibility index (Phi) is 9.26. The van der Waals surface area contributed by atoms with Gasteiger partial charge in [-0.25, -0.2) is 4.99 Å². The number of allylic oxidation sites excluding steroid dienone is 4. The molecule has 3 rings (SSSR count). The van der Waals surface area contributed by atoms with Crippen LogP contribution in [0.15, 0.2) is 84.6 Å². The SMILES string of the molecule is C=C/C=C(\C=C(/N)c1cnn(C)c1)NC(=C)/N=C\C=C(/N)c1ccc(OC2CCOCC2)c(C#N)c1. The van der Waals surface area contributed by atoms with Crippen molar-refractivity contribution in [2.75, 3.05) is 13.2 Å². The molecule has 9 heteroatoms. The first-order chi connectivity index (χ1) is 17.4. The Morgan fingerprint density at radius 2 is 2.06 bits per heavy atom. The van der Waals surface area contributed by atoms with Gasteiger partial charge in [-0.3, -0.25) is 4.68 Å². The molecule has 0 radical (unpaired) electrons. The summed E-state index contributed by atoms with van der Waals surface area (Å²) in [4.78, 5) is 4.28. The molecule has 5 N–H and O–H groups in total. The molecule has 0 atom stereocenters. The van der Waals surface area contributed by atoms with E-state index in [0.29, 0.717) is 53.0 Å². The van der Waals surface area contributed by atoms with Crippen LogP contribution in [0, 0.1) is 11.3 Å². The zero-order valence-electron chi connectivity index (χ0n) is 20.4. The molecule has 1 aliphatic heterocycles. The predicted octanol–water partition coefficient (Wildman–Crippen LogP) is 3.35. The first-order valence-corrected chi connectivity index (χ1v) is 11.4. The molecule has 2 aromatic rings. The summed E-state index contributed by atoms with van der Waals surface area (Å²) in [5.41, 5.74) is 15.9. The zero-order chi connectivity index (χ0) is 25.9. The number of nitrogens with zero attached hydrogens (tertiary/aromatic N) is 4. The number of nitrogens with one attached hydrogen (secondary N) is 1. The van der Waals surface area contributed by atoms with Gasteiger partial charge in [0.15, 0.2) is 0 Å². The van der Waals surface area contributed by atoms with Crippen LogP contribution in [0.5, 0.6) is 5.75 Å². The molecule has 1 aromatic heterocycles. The molecule has 0 aliphatic carbocycles. The molecule has 186 valence electrons. The van der Waals surface area contributed by atoms with E-state index in [1.54, 1.807) is 47.3 Å². The first kappa shape index (κ1) is 26.1. The summed E-state index contributed by atoms with van der Waals surface area (Å²) in [7, 11) is 1.82. The van der Waals surface area contributed by atoms with Crippen molar-refractivity contribution < 1.29 is 9.47 Å². The minimum atomic E-state index is 0.0461. The fourth-order valence-corrected chi connectivity index (χ4v) is 3.45. The second-order valence-electron chi connectivity index (χ2n) is 8.08. The Morgan fingerprint density at radius 1 is 1.28 bits per heavy atom. The van der Waals surface area contributed by atoms with Crippen LogP contribution in [0.3, 0.4) is 0 Å². The van der Waals surface area contributed by atoms with Crippen LogP contribution in [-0.4, -0.2) is 35.3 Å². The van der Waals surface area contributed by atoms with E-state index in [1.807, 2.05) is 19.3 Å². The Morgan fingerprint density at radius 3 is 2.72 bits per heavy atom. The molecule has 36 heavy (non-hydrogen) atoms. The molecule has 1 saturated heterocycles. The van der Waals surface area contributed by atoms with E-state index in [-0.39, 0.29) is 6.10 Å². The van der Waals surface area contributed by atoms with Crippen molar-refractivity contribution in [3.63, 3.8) is 0 Å². The monoisotopic (exact) mass is 485 g/mol. The third-order valence-corrected chi connectivity index (χ3v) is 5.32. The van der Waals surface area contributed by atoms with Crippen molar-refractivity contribution in [2.45, 2.75) is 18.9 Å². The summed E-state index contributed by atoms with van der Waals surface area (Å²) in [6.07, 6.45) is 13.5. The molecule has 0 unspecified atom stereocenters. The highest BCUT2D eigenvalue weighted by Crippen LogP contribution is 2.25. The van der Waals surface area contributed by atoms with Crippen LogP contribution in [0.2, 0.25) is 0 Å². The van der Waals surface area contributed by atoms with Gasteiger partial charge >= 0.3 is 0 Å². The van der Waals surface area contributed by atoms with Gasteiger partial charge in [0.25, 0.3) is 0 Å². The van der Waals surface area contributed by atoms with Crippen molar-refractivity contribution in [1.82, 2.24) is 15.1 Å². The van der Waals surface area contributed by atoms with Crippen molar-refractivity contribution in [2.24, 2.45) is 23.5 Å². The van der Waals surface area contributed by atoms with E-state index >= 15 is 0 Å². The lowest BCUT2D eigenvalue weighted by Gasteiger charge is -2.23.